The quantitative estimate of drug-likeness (QED) is 0.763. The SMILES string of the molecule is CCCNc1ncc(S(=O)(=O)NC(C)CSC)cc1Cl. The van der Waals surface area contributed by atoms with Crippen LogP contribution in [0, 0.1) is 0 Å². The van der Waals surface area contributed by atoms with Gasteiger partial charge in [0.25, 0.3) is 0 Å². The van der Waals surface area contributed by atoms with E-state index in [-0.39, 0.29) is 10.9 Å². The van der Waals surface area contributed by atoms with Crippen LogP contribution < -0.4 is 10.0 Å². The molecule has 1 atom stereocenters. The van der Waals surface area contributed by atoms with E-state index in [1.807, 2.05) is 20.1 Å². The van der Waals surface area contributed by atoms with E-state index in [2.05, 4.69) is 15.0 Å². The summed E-state index contributed by atoms with van der Waals surface area (Å²) in [6, 6.07) is 1.27. The summed E-state index contributed by atoms with van der Waals surface area (Å²) in [6.07, 6.45) is 4.18. The number of nitrogens with zero attached hydrogens (tertiary/aromatic N) is 1. The summed E-state index contributed by atoms with van der Waals surface area (Å²) in [4.78, 5) is 4.15. The number of anilines is 1. The monoisotopic (exact) mass is 337 g/mol. The van der Waals surface area contributed by atoms with Crippen LogP contribution in [0.25, 0.3) is 0 Å². The van der Waals surface area contributed by atoms with Crippen LogP contribution in [0.4, 0.5) is 5.82 Å². The van der Waals surface area contributed by atoms with E-state index in [9.17, 15) is 8.42 Å². The normalized spacial score (nSPS) is 13.2. The van der Waals surface area contributed by atoms with Crippen molar-refractivity contribution in [2.45, 2.75) is 31.2 Å². The fraction of sp³-hybridized carbons (Fsp3) is 0.583. The number of hydrogen-bond acceptors (Lipinski definition) is 5. The Morgan fingerprint density at radius 1 is 1.50 bits per heavy atom. The number of aromatic nitrogens is 1. The van der Waals surface area contributed by atoms with Crippen molar-refractivity contribution >= 4 is 39.2 Å². The van der Waals surface area contributed by atoms with Gasteiger partial charge >= 0.3 is 0 Å². The topological polar surface area (TPSA) is 71.1 Å². The van der Waals surface area contributed by atoms with Crippen molar-refractivity contribution in [1.82, 2.24) is 9.71 Å². The highest BCUT2D eigenvalue weighted by molar-refractivity contribution is 7.98. The van der Waals surface area contributed by atoms with Crippen LogP contribution in [-0.2, 0) is 10.0 Å². The molecule has 0 saturated heterocycles. The number of nitrogens with one attached hydrogen (secondary N) is 2. The highest BCUT2D eigenvalue weighted by Crippen LogP contribution is 2.22. The number of thioether (sulfide) groups is 1. The second-order valence-corrected chi connectivity index (χ2v) is 7.44. The molecule has 0 bridgehead atoms. The van der Waals surface area contributed by atoms with Crippen molar-refractivity contribution in [3.63, 3.8) is 0 Å². The summed E-state index contributed by atoms with van der Waals surface area (Å²) in [7, 11) is -3.58. The van der Waals surface area contributed by atoms with Crippen molar-refractivity contribution in [2.75, 3.05) is 23.9 Å². The molecule has 0 aliphatic rings. The van der Waals surface area contributed by atoms with Crippen molar-refractivity contribution in [3.05, 3.63) is 17.3 Å². The average molecular weight is 338 g/mol. The van der Waals surface area contributed by atoms with Gasteiger partial charge in [0.2, 0.25) is 10.0 Å². The molecule has 5 nitrogen and oxygen atoms in total. The molecule has 0 radical (unpaired) electrons. The van der Waals surface area contributed by atoms with E-state index in [4.69, 9.17) is 11.6 Å². The third-order valence-electron chi connectivity index (χ3n) is 2.44. The molecule has 0 saturated carbocycles. The van der Waals surface area contributed by atoms with E-state index in [0.717, 1.165) is 13.0 Å². The van der Waals surface area contributed by atoms with Gasteiger partial charge in [-0.2, -0.15) is 11.8 Å². The van der Waals surface area contributed by atoms with E-state index < -0.39 is 10.0 Å². The molecular formula is C12H20ClN3O2S2. The molecule has 114 valence electrons. The Kier molecular flexibility index (Phi) is 7.08. The number of rotatable bonds is 8. The van der Waals surface area contributed by atoms with Gasteiger partial charge in [0.05, 0.1) is 5.02 Å². The number of sulfonamides is 1. The largest absolute Gasteiger partial charge is 0.369 e. The molecule has 1 aromatic rings. The molecule has 20 heavy (non-hydrogen) atoms. The van der Waals surface area contributed by atoms with Crippen molar-refractivity contribution in [2.24, 2.45) is 0 Å². The molecule has 1 rings (SSSR count). The lowest BCUT2D eigenvalue weighted by Gasteiger charge is -2.13. The average Bonchev–Trinajstić information content (AvgIpc) is 2.36. The summed E-state index contributed by atoms with van der Waals surface area (Å²) in [5.74, 6) is 1.21. The van der Waals surface area contributed by atoms with Gasteiger partial charge in [0, 0.05) is 24.5 Å². The standard InChI is InChI=1S/C12H20ClN3O2S2/c1-4-5-14-12-11(13)6-10(7-15-12)20(17,18)16-9(2)8-19-3/h6-7,9,16H,4-5,8H2,1-3H3,(H,14,15). The zero-order chi connectivity index (χ0) is 15.2. The van der Waals surface area contributed by atoms with E-state index in [1.54, 1.807) is 11.8 Å². The van der Waals surface area contributed by atoms with Gasteiger partial charge in [-0.15, -0.1) is 0 Å². The Balaban J connectivity index is 2.88. The van der Waals surface area contributed by atoms with Crippen molar-refractivity contribution in [3.8, 4) is 0 Å². The van der Waals surface area contributed by atoms with Gasteiger partial charge in [0.1, 0.15) is 10.7 Å². The van der Waals surface area contributed by atoms with Crippen LogP contribution in [0.1, 0.15) is 20.3 Å². The maximum Gasteiger partial charge on any atom is 0.242 e. The predicted octanol–water partition coefficient (Wildman–Crippen LogP) is 2.59. The Morgan fingerprint density at radius 2 is 2.20 bits per heavy atom. The van der Waals surface area contributed by atoms with Crippen LogP contribution in [0.2, 0.25) is 5.02 Å². The van der Waals surface area contributed by atoms with E-state index >= 15 is 0 Å². The minimum absolute atomic E-state index is 0.0810. The first-order valence-electron chi connectivity index (χ1n) is 6.31. The minimum atomic E-state index is -3.58. The van der Waals surface area contributed by atoms with Crippen LogP contribution >= 0.6 is 23.4 Å². The Labute approximate surface area is 129 Å². The Hall–Kier alpha value is -0.500. The predicted molar refractivity (Wildman–Crippen MR) is 86.2 cm³/mol. The number of pyridine rings is 1. The minimum Gasteiger partial charge on any atom is -0.369 e. The summed E-state index contributed by atoms with van der Waals surface area (Å²) < 4.78 is 26.9. The Bertz CT molecular complexity index is 538. The fourth-order valence-corrected chi connectivity index (χ4v) is 3.76. The third kappa shape index (κ3) is 5.12. The molecule has 0 aliphatic carbocycles. The van der Waals surface area contributed by atoms with Gasteiger partial charge in [-0.25, -0.2) is 18.1 Å². The first-order valence-corrected chi connectivity index (χ1v) is 9.57. The molecule has 0 aromatic carbocycles. The van der Waals surface area contributed by atoms with E-state index in [1.165, 1.54) is 12.3 Å². The number of halogens is 1. The lowest BCUT2D eigenvalue weighted by Crippen LogP contribution is -2.34. The smallest absolute Gasteiger partial charge is 0.242 e. The third-order valence-corrected chi connectivity index (χ3v) is 5.12. The van der Waals surface area contributed by atoms with Crippen molar-refractivity contribution in [1.29, 1.82) is 0 Å². The summed E-state index contributed by atoms with van der Waals surface area (Å²) in [6.45, 7) is 4.58. The maximum absolute atomic E-state index is 12.2. The summed E-state index contributed by atoms with van der Waals surface area (Å²) in [5.41, 5.74) is 0. The molecule has 0 amide bonds. The highest BCUT2D eigenvalue weighted by atomic mass is 35.5. The van der Waals surface area contributed by atoms with Crippen molar-refractivity contribution < 1.29 is 8.42 Å². The molecular weight excluding hydrogens is 318 g/mol. The lowest BCUT2D eigenvalue weighted by molar-refractivity contribution is 0.570. The van der Waals surface area contributed by atoms with Gasteiger partial charge in [-0.05, 0) is 25.7 Å². The van der Waals surface area contributed by atoms with Crippen LogP contribution in [0.5, 0.6) is 0 Å². The Morgan fingerprint density at radius 3 is 2.75 bits per heavy atom. The van der Waals surface area contributed by atoms with Crippen LogP contribution in [-0.4, -0.2) is 38.0 Å². The summed E-state index contributed by atoms with van der Waals surface area (Å²) >= 11 is 7.63. The van der Waals surface area contributed by atoms with Gasteiger partial charge < -0.3 is 5.32 Å². The van der Waals surface area contributed by atoms with E-state index in [0.29, 0.717) is 16.6 Å². The molecule has 1 heterocycles. The van der Waals surface area contributed by atoms with Crippen LogP contribution in [0.15, 0.2) is 17.2 Å². The number of hydrogen-bond donors (Lipinski definition) is 2. The first kappa shape index (κ1) is 17.6. The fourth-order valence-electron chi connectivity index (χ4n) is 1.56. The zero-order valence-corrected chi connectivity index (χ0v) is 14.2. The summed E-state index contributed by atoms with van der Waals surface area (Å²) in [5, 5.41) is 3.35. The molecule has 1 aromatic heterocycles. The molecule has 2 N–H and O–H groups in total. The van der Waals surface area contributed by atoms with Gasteiger partial charge in [-0.3, -0.25) is 0 Å². The van der Waals surface area contributed by atoms with Gasteiger partial charge in [0.15, 0.2) is 0 Å². The first-order chi connectivity index (χ1) is 9.40. The zero-order valence-electron chi connectivity index (χ0n) is 11.8. The molecule has 8 heteroatoms. The molecule has 0 spiro atoms. The van der Waals surface area contributed by atoms with Crippen LogP contribution in [0.3, 0.4) is 0 Å². The molecule has 0 aliphatic heterocycles. The molecule has 0 fully saturated rings. The van der Waals surface area contributed by atoms with Gasteiger partial charge in [-0.1, -0.05) is 18.5 Å². The maximum atomic E-state index is 12.2. The highest BCUT2D eigenvalue weighted by Gasteiger charge is 2.19. The molecule has 1 unspecified atom stereocenters. The second kappa shape index (κ2) is 8.07. The second-order valence-electron chi connectivity index (χ2n) is 4.41. The lowest BCUT2D eigenvalue weighted by atomic mass is 10.4.